The Hall–Kier alpha value is -2.83. The number of aromatic nitrogens is 2. The SMILES string of the molecule is CC(C)(C)c1nn(-c2ccccc2)c(Cl)c1CNCc1ccc(NC(N)=O)cc1. The number of primary amides is 1. The summed E-state index contributed by atoms with van der Waals surface area (Å²) in [5.74, 6) is 0. The molecule has 0 fully saturated rings. The lowest BCUT2D eigenvalue weighted by atomic mass is 9.89. The molecule has 0 saturated heterocycles. The summed E-state index contributed by atoms with van der Waals surface area (Å²) in [6, 6.07) is 16.8. The molecule has 0 bridgehead atoms. The van der Waals surface area contributed by atoms with Gasteiger partial charge in [0.05, 0.1) is 11.4 Å². The number of anilines is 1. The van der Waals surface area contributed by atoms with Gasteiger partial charge < -0.3 is 16.4 Å². The van der Waals surface area contributed by atoms with Gasteiger partial charge in [0.2, 0.25) is 0 Å². The second-order valence-electron chi connectivity index (χ2n) is 7.91. The van der Waals surface area contributed by atoms with Crippen molar-refractivity contribution in [1.82, 2.24) is 15.1 Å². The second kappa shape index (κ2) is 8.68. The Bertz CT molecular complexity index is 975. The van der Waals surface area contributed by atoms with Gasteiger partial charge in [0.15, 0.2) is 0 Å². The number of amides is 2. The standard InChI is InChI=1S/C22H26ClN5O/c1-22(2,3)19-18(20(23)28(27-19)17-7-5-4-6-8-17)14-25-13-15-9-11-16(12-10-15)26-21(24)29/h4-12,25H,13-14H2,1-3H3,(H3,24,26,29). The number of carbonyl (C=O) groups is 1. The smallest absolute Gasteiger partial charge is 0.316 e. The highest BCUT2D eigenvalue weighted by Crippen LogP contribution is 2.31. The molecule has 1 aromatic heterocycles. The van der Waals surface area contributed by atoms with Crippen LogP contribution in [0.1, 0.15) is 37.6 Å². The molecule has 2 aromatic carbocycles. The Morgan fingerprint density at radius 1 is 1.07 bits per heavy atom. The molecule has 3 rings (SSSR count). The molecule has 2 amide bonds. The van der Waals surface area contributed by atoms with E-state index in [0.29, 0.717) is 23.9 Å². The summed E-state index contributed by atoms with van der Waals surface area (Å²) in [6.07, 6.45) is 0. The number of hydrogen-bond donors (Lipinski definition) is 3. The van der Waals surface area contributed by atoms with Crippen molar-refractivity contribution in [3.8, 4) is 5.69 Å². The van der Waals surface area contributed by atoms with Gasteiger partial charge in [0, 0.05) is 29.8 Å². The van der Waals surface area contributed by atoms with Crippen LogP contribution < -0.4 is 16.4 Å². The highest BCUT2D eigenvalue weighted by Gasteiger charge is 2.26. The van der Waals surface area contributed by atoms with Crippen molar-refractivity contribution < 1.29 is 4.79 Å². The zero-order valence-corrected chi connectivity index (χ0v) is 17.6. The fraction of sp³-hybridized carbons (Fsp3) is 0.273. The Labute approximate surface area is 176 Å². The Morgan fingerprint density at radius 2 is 1.72 bits per heavy atom. The highest BCUT2D eigenvalue weighted by molar-refractivity contribution is 6.30. The summed E-state index contributed by atoms with van der Waals surface area (Å²) < 4.78 is 1.80. The van der Waals surface area contributed by atoms with E-state index in [4.69, 9.17) is 22.4 Å². The first-order valence-corrected chi connectivity index (χ1v) is 9.83. The summed E-state index contributed by atoms with van der Waals surface area (Å²) in [5.41, 5.74) is 9.66. The van der Waals surface area contributed by atoms with Crippen LogP contribution in [0.25, 0.3) is 5.69 Å². The number of nitrogens with two attached hydrogens (primary N) is 1. The van der Waals surface area contributed by atoms with E-state index in [1.165, 1.54) is 0 Å². The molecule has 0 atom stereocenters. The number of halogens is 1. The number of nitrogens with one attached hydrogen (secondary N) is 2. The van der Waals surface area contributed by atoms with E-state index < -0.39 is 6.03 Å². The lowest BCUT2D eigenvalue weighted by Crippen LogP contribution is -2.20. The predicted octanol–water partition coefficient (Wildman–Crippen LogP) is 4.60. The zero-order valence-electron chi connectivity index (χ0n) is 16.9. The van der Waals surface area contributed by atoms with Crippen molar-refractivity contribution in [2.45, 2.75) is 39.3 Å². The summed E-state index contributed by atoms with van der Waals surface area (Å²) >= 11 is 6.73. The maximum Gasteiger partial charge on any atom is 0.316 e. The van der Waals surface area contributed by atoms with Crippen LogP contribution in [-0.4, -0.2) is 15.8 Å². The minimum atomic E-state index is -0.573. The predicted molar refractivity (Wildman–Crippen MR) is 117 cm³/mol. The maximum absolute atomic E-state index is 10.9. The first-order valence-electron chi connectivity index (χ1n) is 9.45. The topological polar surface area (TPSA) is 85.0 Å². The number of hydrogen-bond acceptors (Lipinski definition) is 3. The Kier molecular flexibility index (Phi) is 6.25. The Morgan fingerprint density at radius 3 is 2.31 bits per heavy atom. The van der Waals surface area contributed by atoms with E-state index in [-0.39, 0.29) is 5.41 Å². The third-order valence-electron chi connectivity index (χ3n) is 4.48. The van der Waals surface area contributed by atoms with Crippen LogP contribution in [0.5, 0.6) is 0 Å². The fourth-order valence-electron chi connectivity index (χ4n) is 3.11. The third-order valence-corrected chi connectivity index (χ3v) is 4.87. The molecular formula is C22H26ClN5O. The molecule has 0 spiro atoms. The van der Waals surface area contributed by atoms with E-state index in [2.05, 4.69) is 31.4 Å². The first kappa shape index (κ1) is 20.9. The van der Waals surface area contributed by atoms with Crippen LogP contribution in [0.3, 0.4) is 0 Å². The van der Waals surface area contributed by atoms with Gasteiger partial charge in [-0.2, -0.15) is 5.10 Å². The molecule has 0 radical (unpaired) electrons. The average molecular weight is 412 g/mol. The van der Waals surface area contributed by atoms with Crippen molar-refractivity contribution in [3.05, 3.63) is 76.6 Å². The molecule has 29 heavy (non-hydrogen) atoms. The molecule has 3 aromatic rings. The van der Waals surface area contributed by atoms with E-state index in [1.54, 1.807) is 4.68 Å². The van der Waals surface area contributed by atoms with Gasteiger partial charge in [0.1, 0.15) is 5.15 Å². The van der Waals surface area contributed by atoms with Crippen molar-refractivity contribution in [3.63, 3.8) is 0 Å². The maximum atomic E-state index is 10.9. The monoisotopic (exact) mass is 411 g/mol. The quantitative estimate of drug-likeness (QED) is 0.554. The van der Waals surface area contributed by atoms with Crippen LogP contribution in [0, 0.1) is 0 Å². The normalized spacial score (nSPS) is 11.4. The number of urea groups is 1. The summed E-state index contributed by atoms with van der Waals surface area (Å²) in [4.78, 5) is 10.9. The van der Waals surface area contributed by atoms with Crippen LogP contribution in [0.15, 0.2) is 54.6 Å². The van der Waals surface area contributed by atoms with Crippen molar-refractivity contribution in [2.75, 3.05) is 5.32 Å². The van der Waals surface area contributed by atoms with Gasteiger partial charge in [-0.3, -0.25) is 0 Å². The molecule has 0 unspecified atom stereocenters. The second-order valence-corrected chi connectivity index (χ2v) is 8.26. The number of benzene rings is 2. The van der Waals surface area contributed by atoms with Gasteiger partial charge >= 0.3 is 6.03 Å². The minimum Gasteiger partial charge on any atom is -0.351 e. The van der Waals surface area contributed by atoms with Gasteiger partial charge in [-0.25, -0.2) is 9.48 Å². The molecule has 0 aliphatic heterocycles. The molecule has 7 heteroatoms. The molecule has 6 nitrogen and oxygen atoms in total. The lowest BCUT2D eigenvalue weighted by Gasteiger charge is -2.17. The molecule has 0 aliphatic carbocycles. The lowest BCUT2D eigenvalue weighted by molar-refractivity contribution is 0.259. The molecule has 152 valence electrons. The van der Waals surface area contributed by atoms with Crippen LogP contribution >= 0.6 is 11.6 Å². The molecule has 0 saturated carbocycles. The Balaban J connectivity index is 1.76. The van der Waals surface area contributed by atoms with Crippen molar-refractivity contribution in [2.24, 2.45) is 5.73 Å². The van der Waals surface area contributed by atoms with Crippen molar-refractivity contribution >= 4 is 23.3 Å². The summed E-state index contributed by atoms with van der Waals surface area (Å²) in [6.45, 7) is 7.66. The highest BCUT2D eigenvalue weighted by atomic mass is 35.5. The van der Waals surface area contributed by atoms with Crippen molar-refractivity contribution in [1.29, 1.82) is 0 Å². The largest absolute Gasteiger partial charge is 0.351 e. The van der Waals surface area contributed by atoms with Gasteiger partial charge in [0.25, 0.3) is 0 Å². The van der Waals surface area contributed by atoms with Crippen LogP contribution in [-0.2, 0) is 18.5 Å². The van der Waals surface area contributed by atoms with Crippen LogP contribution in [0.4, 0.5) is 10.5 Å². The molecule has 4 N–H and O–H groups in total. The van der Waals surface area contributed by atoms with Gasteiger partial charge in [-0.05, 0) is 29.8 Å². The average Bonchev–Trinajstić information content (AvgIpc) is 3.00. The minimum absolute atomic E-state index is 0.136. The number of para-hydroxylation sites is 1. The number of carbonyl (C=O) groups excluding carboxylic acids is 1. The molecule has 0 aliphatic rings. The number of nitrogens with zero attached hydrogens (tertiary/aromatic N) is 2. The zero-order chi connectivity index (χ0) is 21.0. The van der Waals surface area contributed by atoms with E-state index in [1.807, 2.05) is 54.6 Å². The van der Waals surface area contributed by atoms with Gasteiger partial charge in [-0.1, -0.05) is 62.7 Å². The summed E-state index contributed by atoms with van der Waals surface area (Å²) in [7, 11) is 0. The van der Waals surface area contributed by atoms with Crippen LogP contribution in [0.2, 0.25) is 5.15 Å². The third kappa shape index (κ3) is 5.16. The summed E-state index contributed by atoms with van der Waals surface area (Å²) in [5, 5.41) is 11.4. The first-order chi connectivity index (χ1) is 13.8. The molecular weight excluding hydrogens is 386 g/mol. The van der Waals surface area contributed by atoms with E-state index in [0.717, 1.165) is 22.5 Å². The van der Waals surface area contributed by atoms with Gasteiger partial charge in [-0.15, -0.1) is 0 Å². The van der Waals surface area contributed by atoms with E-state index in [9.17, 15) is 4.79 Å². The van der Waals surface area contributed by atoms with E-state index >= 15 is 0 Å². The number of rotatable bonds is 6. The molecule has 1 heterocycles. The fourth-order valence-corrected chi connectivity index (χ4v) is 3.40.